The molecule has 43 heavy (non-hydrogen) atoms. The second-order valence-corrected chi connectivity index (χ2v) is 11.4. The average Bonchev–Trinajstić information content (AvgIpc) is 3.47. The molecule has 5 aromatic carbocycles. The summed E-state index contributed by atoms with van der Waals surface area (Å²) >= 11 is 0. The molecule has 0 saturated heterocycles. The van der Waals surface area contributed by atoms with Crippen LogP contribution in [-0.4, -0.2) is 9.55 Å². The van der Waals surface area contributed by atoms with Crippen LogP contribution in [0.1, 0.15) is 40.9 Å². The molecule has 1 heterocycles. The van der Waals surface area contributed by atoms with Crippen LogP contribution in [0.15, 0.2) is 157 Å². The predicted octanol–water partition coefficient (Wildman–Crippen LogP) is 9.94. The topological polar surface area (TPSA) is 17.8 Å². The number of aromatic nitrogens is 2. The third kappa shape index (κ3) is 4.30. The number of benzene rings is 5. The van der Waals surface area contributed by atoms with Crippen LogP contribution in [0.3, 0.4) is 0 Å². The molecule has 2 nitrogen and oxygen atoms in total. The SMILES string of the molecule is CCc1nc2ccccc2n1-c1ccc(C2c3ccccc3C(c3ccc(-c4ccccc4)cc3)=C3C=CC=CC32)cc1. The van der Waals surface area contributed by atoms with Gasteiger partial charge in [0.05, 0.1) is 11.0 Å². The van der Waals surface area contributed by atoms with Gasteiger partial charge >= 0.3 is 0 Å². The summed E-state index contributed by atoms with van der Waals surface area (Å²) in [5.41, 5.74) is 13.9. The lowest BCUT2D eigenvalue weighted by Gasteiger charge is -2.37. The number of para-hydroxylation sites is 2. The van der Waals surface area contributed by atoms with E-state index in [1.165, 1.54) is 44.5 Å². The maximum Gasteiger partial charge on any atom is 0.114 e. The fraction of sp³-hybridized carbons (Fsp3) is 0.0976. The highest BCUT2D eigenvalue weighted by Crippen LogP contribution is 2.50. The summed E-state index contributed by atoms with van der Waals surface area (Å²) in [6.45, 7) is 2.18. The summed E-state index contributed by atoms with van der Waals surface area (Å²) in [6, 6.07) is 46.3. The lowest BCUT2D eigenvalue weighted by atomic mass is 9.66. The van der Waals surface area contributed by atoms with Crippen molar-refractivity contribution in [3.05, 3.63) is 185 Å². The summed E-state index contributed by atoms with van der Waals surface area (Å²) in [5.74, 6) is 1.58. The van der Waals surface area contributed by atoms with E-state index in [0.29, 0.717) is 0 Å². The molecule has 1 aromatic heterocycles. The van der Waals surface area contributed by atoms with Crippen molar-refractivity contribution >= 4 is 16.6 Å². The molecule has 0 fully saturated rings. The van der Waals surface area contributed by atoms with Crippen LogP contribution in [0.5, 0.6) is 0 Å². The molecule has 0 spiro atoms. The van der Waals surface area contributed by atoms with E-state index in [4.69, 9.17) is 4.98 Å². The Hall–Kier alpha value is -5.21. The summed E-state index contributed by atoms with van der Waals surface area (Å²) in [6.07, 6.45) is 10.0. The standard InChI is InChI=1S/C41H32N2/c1-2-39-42-37-18-10-11-19-38(37)43(39)32-26-24-31(25-27-32)41-35-16-8-6-14-33(35)40(34-15-7-9-17-36(34)41)30-22-20-29(21-23-30)28-12-4-3-5-13-28/h3-27,35,41H,2H2,1H3. The summed E-state index contributed by atoms with van der Waals surface area (Å²) < 4.78 is 2.31. The van der Waals surface area contributed by atoms with E-state index in [0.717, 1.165) is 29.0 Å². The van der Waals surface area contributed by atoms with Crippen LogP contribution < -0.4 is 0 Å². The van der Waals surface area contributed by atoms with E-state index in [1.807, 2.05) is 0 Å². The Kier molecular flexibility index (Phi) is 6.26. The molecule has 2 atom stereocenters. The summed E-state index contributed by atoms with van der Waals surface area (Å²) in [4.78, 5) is 4.90. The average molecular weight is 553 g/mol. The Labute approximate surface area is 253 Å². The van der Waals surface area contributed by atoms with Crippen LogP contribution in [0, 0.1) is 5.92 Å². The van der Waals surface area contributed by atoms with Crippen molar-refractivity contribution in [1.29, 1.82) is 0 Å². The molecule has 2 heteroatoms. The number of aryl methyl sites for hydroxylation is 1. The minimum absolute atomic E-state index is 0.235. The largest absolute Gasteiger partial charge is 0.296 e. The first kappa shape index (κ1) is 25.5. The van der Waals surface area contributed by atoms with Gasteiger partial charge in [0.1, 0.15) is 5.82 Å². The second-order valence-electron chi connectivity index (χ2n) is 11.4. The van der Waals surface area contributed by atoms with Crippen LogP contribution in [0.25, 0.3) is 33.4 Å². The molecule has 0 amide bonds. The van der Waals surface area contributed by atoms with Crippen LogP contribution >= 0.6 is 0 Å². The first-order chi connectivity index (χ1) is 21.3. The number of fused-ring (bicyclic) bond motifs is 3. The zero-order valence-electron chi connectivity index (χ0n) is 24.2. The Morgan fingerprint density at radius 3 is 2.16 bits per heavy atom. The molecule has 206 valence electrons. The number of allylic oxidation sites excluding steroid dienone is 5. The highest BCUT2D eigenvalue weighted by Gasteiger charge is 2.35. The minimum Gasteiger partial charge on any atom is -0.296 e. The number of imidazole rings is 1. The number of hydrogen-bond donors (Lipinski definition) is 0. The third-order valence-electron chi connectivity index (χ3n) is 9.02. The molecule has 2 unspecified atom stereocenters. The number of rotatable bonds is 5. The molecular formula is C41H32N2. The summed E-state index contributed by atoms with van der Waals surface area (Å²) in [5, 5.41) is 0. The van der Waals surface area contributed by atoms with Crippen molar-refractivity contribution in [2.45, 2.75) is 19.3 Å². The molecule has 0 bridgehead atoms. The van der Waals surface area contributed by atoms with Crippen molar-refractivity contribution in [1.82, 2.24) is 9.55 Å². The van der Waals surface area contributed by atoms with Gasteiger partial charge in [-0.1, -0.05) is 134 Å². The Morgan fingerprint density at radius 1 is 0.651 bits per heavy atom. The minimum atomic E-state index is 0.235. The highest BCUT2D eigenvalue weighted by atomic mass is 15.1. The molecule has 0 N–H and O–H groups in total. The van der Waals surface area contributed by atoms with E-state index in [-0.39, 0.29) is 11.8 Å². The van der Waals surface area contributed by atoms with Gasteiger partial charge in [-0.3, -0.25) is 4.57 Å². The molecule has 0 saturated carbocycles. The van der Waals surface area contributed by atoms with E-state index in [2.05, 4.69) is 163 Å². The Balaban J connectivity index is 1.22. The molecule has 0 aliphatic heterocycles. The lowest BCUT2D eigenvalue weighted by molar-refractivity contribution is 0.648. The lowest BCUT2D eigenvalue weighted by Crippen LogP contribution is -2.22. The van der Waals surface area contributed by atoms with Crippen molar-refractivity contribution in [3.8, 4) is 16.8 Å². The second kappa shape index (κ2) is 10.6. The molecule has 2 aliphatic carbocycles. The van der Waals surface area contributed by atoms with Crippen LogP contribution in [-0.2, 0) is 6.42 Å². The molecular weight excluding hydrogens is 520 g/mol. The third-order valence-corrected chi connectivity index (χ3v) is 9.02. The fourth-order valence-corrected chi connectivity index (χ4v) is 7.04. The molecule has 2 aliphatic rings. The van der Waals surface area contributed by atoms with Crippen LogP contribution in [0.2, 0.25) is 0 Å². The van der Waals surface area contributed by atoms with E-state index < -0.39 is 0 Å². The van der Waals surface area contributed by atoms with Gasteiger partial charge in [0.15, 0.2) is 0 Å². The molecule has 8 rings (SSSR count). The fourth-order valence-electron chi connectivity index (χ4n) is 7.04. The van der Waals surface area contributed by atoms with Gasteiger partial charge in [-0.05, 0) is 68.8 Å². The van der Waals surface area contributed by atoms with E-state index in [1.54, 1.807) is 0 Å². The van der Waals surface area contributed by atoms with Gasteiger partial charge in [0.2, 0.25) is 0 Å². The first-order valence-electron chi connectivity index (χ1n) is 15.2. The summed E-state index contributed by atoms with van der Waals surface area (Å²) in [7, 11) is 0. The molecule has 6 aromatic rings. The van der Waals surface area contributed by atoms with Crippen molar-refractivity contribution in [2.24, 2.45) is 5.92 Å². The van der Waals surface area contributed by atoms with Gasteiger partial charge in [0.25, 0.3) is 0 Å². The van der Waals surface area contributed by atoms with Gasteiger partial charge in [0, 0.05) is 23.9 Å². The van der Waals surface area contributed by atoms with Gasteiger partial charge in [-0.2, -0.15) is 0 Å². The number of hydrogen-bond acceptors (Lipinski definition) is 1. The van der Waals surface area contributed by atoms with E-state index >= 15 is 0 Å². The molecule has 0 radical (unpaired) electrons. The van der Waals surface area contributed by atoms with E-state index in [9.17, 15) is 0 Å². The zero-order chi connectivity index (χ0) is 28.8. The maximum atomic E-state index is 4.90. The smallest absolute Gasteiger partial charge is 0.114 e. The Morgan fingerprint density at radius 2 is 1.35 bits per heavy atom. The maximum absolute atomic E-state index is 4.90. The van der Waals surface area contributed by atoms with Crippen molar-refractivity contribution in [2.75, 3.05) is 0 Å². The Bertz CT molecular complexity index is 2040. The normalized spacial score (nSPS) is 17.2. The monoisotopic (exact) mass is 552 g/mol. The predicted molar refractivity (Wildman–Crippen MR) is 178 cm³/mol. The van der Waals surface area contributed by atoms with Crippen molar-refractivity contribution in [3.63, 3.8) is 0 Å². The number of nitrogens with zero attached hydrogens (tertiary/aromatic N) is 2. The van der Waals surface area contributed by atoms with Crippen molar-refractivity contribution < 1.29 is 0 Å². The van der Waals surface area contributed by atoms with Crippen LogP contribution in [0.4, 0.5) is 0 Å². The van der Waals surface area contributed by atoms with Gasteiger partial charge < -0.3 is 0 Å². The highest BCUT2D eigenvalue weighted by molar-refractivity contribution is 5.89. The van der Waals surface area contributed by atoms with Gasteiger partial charge in [-0.15, -0.1) is 0 Å². The zero-order valence-corrected chi connectivity index (χ0v) is 24.2. The first-order valence-corrected chi connectivity index (χ1v) is 15.2. The quantitative estimate of drug-likeness (QED) is 0.208. The van der Waals surface area contributed by atoms with Gasteiger partial charge in [-0.25, -0.2) is 4.98 Å².